The highest BCUT2D eigenvalue weighted by Crippen LogP contribution is 2.63. The number of carbonyl (C=O) groups is 1. The predicted molar refractivity (Wildman–Crippen MR) is 144 cm³/mol. The number of hydrogen-bond donors (Lipinski definition) is 1. The third kappa shape index (κ3) is 3.99. The van der Waals surface area contributed by atoms with Crippen LogP contribution in [0, 0.1) is 11.8 Å². The van der Waals surface area contributed by atoms with E-state index in [2.05, 4.69) is 11.9 Å². The second-order valence-corrected chi connectivity index (χ2v) is 10.3. The van der Waals surface area contributed by atoms with Crippen molar-refractivity contribution in [3.05, 3.63) is 89.9 Å². The summed E-state index contributed by atoms with van der Waals surface area (Å²) in [7, 11) is 0. The number of nitrogens with zero attached hydrogens (tertiary/aromatic N) is 4. The van der Waals surface area contributed by atoms with E-state index in [1.165, 1.54) is 0 Å². The fourth-order valence-corrected chi connectivity index (χ4v) is 6.30. The largest absolute Gasteiger partial charge is 0.457 e. The molecule has 0 radical (unpaired) electrons. The SMILES string of the molecule is CC=CC(=O)N1CCCC(C2C3N=C(c4ccc(Oc5ccccc5)cc4)c4c(N)ncnc4C32C)C1. The van der Waals surface area contributed by atoms with Crippen LogP contribution < -0.4 is 10.5 Å². The molecule has 2 fully saturated rings. The van der Waals surface area contributed by atoms with Gasteiger partial charge in [0.05, 0.1) is 23.0 Å². The van der Waals surface area contributed by atoms with Crippen LogP contribution in [-0.2, 0) is 10.2 Å². The number of para-hydroxylation sites is 1. The molecule has 0 bridgehead atoms. The summed E-state index contributed by atoms with van der Waals surface area (Å²) in [6.45, 7) is 5.70. The predicted octanol–water partition coefficient (Wildman–Crippen LogP) is 4.77. The second kappa shape index (κ2) is 9.14. The molecule has 3 aliphatic rings. The molecule has 1 saturated heterocycles. The van der Waals surface area contributed by atoms with Crippen molar-refractivity contribution in [2.75, 3.05) is 18.8 Å². The van der Waals surface area contributed by atoms with Crippen molar-refractivity contribution in [3.8, 4) is 11.5 Å². The molecule has 6 rings (SSSR count). The van der Waals surface area contributed by atoms with E-state index in [0.717, 1.165) is 60.0 Å². The van der Waals surface area contributed by atoms with Crippen LogP contribution in [0.1, 0.15) is 43.5 Å². The van der Waals surface area contributed by atoms with Crippen molar-refractivity contribution in [1.29, 1.82) is 0 Å². The Kier molecular flexibility index (Phi) is 5.78. The van der Waals surface area contributed by atoms with Gasteiger partial charge < -0.3 is 15.4 Å². The fourth-order valence-electron chi connectivity index (χ4n) is 6.30. The number of aromatic nitrogens is 2. The molecule has 4 atom stereocenters. The summed E-state index contributed by atoms with van der Waals surface area (Å²) in [4.78, 5) is 28.9. The van der Waals surface area contributed by atoms with E-state index >= 15 is 0 Å². The number of nitrogens with two attached hydrogens (primary N) is 1. The summed E-state index contributed by atoms with van der Waals surface area (Å²) in [6, 6.07) is 17.8. The van der Waals surface area contributed by atoms with Crippen molar-refractivity contribution < 1.29 is 9.53 Å². The highest BCUT2D eigenvalue weighted by molar-refractivity contribution is 6.17. The van der Waals surface area contributed by atoms with Gasteiger partial charge in [-0.1, -0.05) is 31.2 Å². The minimum absolute atomic E-state index is 0.0925. The summed E-state index contributed by atoms with van der Waals surface area (Å²) in [5.74, 6) is 2.76. The first-order chi connectivity index (χ1) is 18.0. The molecule has 7 heteroatoms. The molecule has 188 valence electrons. The first-order valence-corrected chi connectivity index (χ1v) is 12.9. The highest BCUT2D eigenvalue weighted by atomic mass is 16.5. The van der Waals surface area contributed by atoms with Crippen LogP contribution in [0.25, 0.3) is 0 Å². The normalized spacial score (nSPS) is 26.3. The maximum absolute atomic E-state index is 12.6. The minimum Gasteiger partial charge on any atom is -0.457 e. The number of piperidine rings is 1. The number of fused-ring (bicyclic) bond motifs is 3. The lowest BCUT2D eigenvalue weighted by Crippen LogP contribution is -2.40. The Bertz CT molecular complexity index is 1380. The molecule has 2 N–H and O–H groups in total. The van der Waals surface area contributed by atoms with Gasteiger partial charge in [0.15, 0.2) is 0 Å². The Morgan fingerprint density at radius 2 is 1.86 bits per heavy atom. The van der Waals surface area contributed by atoms with Gasteiger partial charge in [-0.3, -0.25) is 9.79 Å². The lowest BCUT2D eigenvalue weighted by molar-refractivity contribution is -0.128. The maximum Gasteiger partial charge on any atom is 0.246 e. The number of hydrogen-bond acceptors (Lipinski definition) is 6. The molecule has 0 spiro atoms. The Morgan fingerprint density at radius 3 is 2.62 bits per heavy atom. The van der Waals surface area contributed by atoms with Crippen LogP contribution in [0.15, 0.2) is 78.1 Å². The van der Waals surface area contributed by atoms with Crippen molar-refractivity contribution in [3.63, 3.8) is 0 Å². The van der Waals surface area contributed by atoms with E-state index in [0.29, 0.717) is 17.7 Å². The molecule has 1 amide bonds. The van der Waals surface area contributed by atoms with Gasteiger partial charge in [-0.2, -0.15) is 0 Å². The van der Waals surface area contributed by atoms with E-state index in [1.54, 1.807) is 12.4 Å². The minimum atomic E-state index is -0.205. The molecule has 1 aliphatic carbocycles. The number of allylic oxidation sites excluding steroid dienone is 1. The van der Waals surface area contributed by atoms with E-state index < -0.39 is 0 Å². The van der Waals surface area contributed by atoms with Crippen LogP contribution in [0.3, 0.4) is 0 Å². The highest BCUT2D eigenvalue weighted by Gasteiger charge is 2.68. The second-order valence-electron chi connectivity index (χ2n) is 10.3. The number of nitrogen functional groups attached to an aromatic ring is 1. The van der Waals surface area contributed by atoms with E-state index in [9.17, 15) is 4.79 Å². The third-order valence-electron chi connectivity index (χ3n) is 8.12. The molecule has 3 heterocycles. The molecule has 37 heavy (non-hydrogen) atoms. The monoisotopic (exact) mass is 493 g/mol. The molecule has 7 nitrogen and oxygen atoms in total. The third-order valence-corrected chi connectivity index (χ3v) is 8.12. The van der Waals surface area contributed by atoms with Crippen molar-refractivity contribution in [2.45, 2.75) is 38.1 Å². The Balaban J connectivity index is 1.32. The Hall–Kier alpha value is -4.00. The summed E-state index contributed by atoms with van der Waals surface area (Å²) in [5, 5.41) is 0. The van der Waals surface area contributed by atoms with Crippen LogP contribution in [0.4, 0.5) is 5.82 Å². The lowest BCUT2D eigenvalue weighted by atomic mass is 9.85. The lowest BCUT2D eigenvalue weighted by Gasteiger charge is -2.33. The molecule has 1 aromatic heterocycles. The molecule has 3 aromatic rings. The zero-order valence-electron chi connectivity index (χ0n) is 21.2. The average molecular weight is 494 g/mol. The number of carbonyl (C=O) groups excluding carboxylic acids is 1. The van der Waals surface area contributed by atoms with Gasteiger partial charge in [0.2, 0.25) is 5.91 Å². The Labute approximate surface area is 217 Å². The van der Waals surface area contributed by atoms with Crippen LogP contribution in [-0.4, -0.2) is 45.6 Å². The zero-order chi connectivity index (χ0) is 25.6. The van der Waals surface area contributed by atoms with Gasteiger partial charge in [0.1, 0.15) is 23.6 Å². The summed E-state index contributed by atoms with van der Waals surface area (Å²) in [5.41, 5.74) is 9.84. The van der Waals surface area contributed by atoms with Crippen molar-refractivity contribution in [1.82, 2.24) is 14.9 Å². The van der Waals surface area contributed by atoms with Gasteiger partial charge >= 0.3 is 0 Å². The van der Waals surface area contributed by atoms with Gasteiger partial charge in [0, 0.05) is 24.1 Å². The van der Waals surface area contributed by atoms with Gasteiger partial charge in [-0.05, 0) is 74.1 Å². The van der Waals surface area contributed by atoms with Crippen LogP contribution >= 0.6 is 0 Å². The maximum atomic E-state index is 12.6. The van der Waals surface area contributed by atoms with Crippen LogP contribution in [0.2, 0.25) is 0 Å². The van der Waals surface area contributed by atoms with Gasteiger partial charge in [0.25, 0.3) is 0 Å². The summed E-state index contributed by atoms with van der Waals surface area (Å²) < 4.78 is 5.98. The molecular formula is C30H31N5O2. The topological polar surface area (TPSA) is 93.7 Å². The number of ether oxygens (including phenoxy) is 1. The van der Waals surface area contributed by atoms with E-state index in [1.807, 2.05) is 72.5 Å². The molecule has 4 unspecified atom stereocenters. The first-order valence-electron chi connectivity index (χ1n) is 12.9. The Morgan fingerprint density at radius 1 is 1.11 bits per heavy atom. The molecule has 1 saturated carbocycles. The zero-order valence-corrected chi connectivity index (χ0v) is 21.2. The first kappa shape index (κ1) is 23.4. The number of aliphatic imine (C=N–C) groups is 1. The van der Waals surface area contributed by atoms with Gasteiger partial charge in [-0.15, -0.1) is 0 Å². The number of likely N-dealkylation sites (tertiary alicyclic amines) is 1. The number of amides is 1. The van der Waals surface area contributed by atoms with Gasteiger partial charge in [-0.25, -0.2) is 9.97 Å². The average Bonchev–Trinajstić information content (AvgIpc) is 3.55. The molecular weight excluding hydrogens is 462 g/mol. The summed E-state index contributed by atoms with van der Waals surface area (Å²) in [6.07, 6.45) is 7.13. The van der Waals surface area contributed by atoms with Crippen molar-refractivity contribution >= 4 is 17.4 Å². The molecule has 2 aromatic carbocycles. The van der Waals surface area contributed by atoms with Crippen LogP contribution in [0.5, 0.6) is 11.5 Å². The van der Waals surface area contributed by atoms with Crippen molar-refractivity contribution in [2.24, 2.45) is 16.8 Å². The smallest absolute Gasteiger partial charge is 0.246 e. The number of rotatable bonds is 5. The number of benzene rings is 2. The fraction of sp³-hybridized carbons (Fsp3) is 0.333. The molecule has 2 aliphatic heterocycles. The summed E-state index contributed by atoms with van der Waals surface area (Å²) >= 11 is 0. The van der Waals surface area contributed by atoms with E-state index in [4.69, 9.17) is 20.4 Å². The number of anilines is 1. The quantitative estimate of drug-likeness (QED) is 0.517. The van der Waals surface area contributed by atoms with E-state index in [-0.39, 0.29) is 17.4 Å². The standard InChI is InChI=1S/C30H31N5O2/c1-3-8-23(36)35-16-7-9-20(17-35)25-28-30(25,2)27-24(29(31)33-18-32-27)26(34-28)19-12-14-22(15-13-19)37-21-10-5-4-6-11-21/h3-6,8,10-15,18,20,25,28H,7,9,16-17H2,1-2H3,(H2,31,32,33).